The van der Waals surface area contributed by atoms with Crippen LogP contribution in [-0.2, 0) is 11.2 Å². The highest BCUT2D eigenvalue weighted by atomic mass is 16.5. The van der Waals surface area contributed by atoms with Crippen LogP contribution in [0, 0.1) is 11.8 Å². The molecule has 122 valence electrons. The Labute approximate surface area is 132 Å². The molecule has 1 aliphatic rings. The molecule has 1 aliphatic heterocycles. The number of likely N-dealkylation sites (N-methyl/N-ethyl adjacent to an activating group) is 1. The van der Waals surface area contributed by atoms with Gasteiger partial charge in [-0.05, 0) is 43.7 Å². The van der Waals surface area contributed by atoms with Crippen molar-refractivity contribution in [2.75, 3.05) is 26.8 Å². The Morgan fingerprint density at radius 3 is 2.77 bits per heavy atom. The van der Waals surface area contributed by atoms with Crippen molar-refractivity contribution in [3.63, 3.8) is 0 Å². The van der Waals surface area contributed by atoms with Gasteiger partial charge in [-0.15, -0.1) is 0 Å². The number of carbonyl (C=O) groups is 1. The summed E-state index contributed by atoms with van der Waals surface area (Å²) in [5.74, 6) is 0.616. The van der Waals surface area contributed by atoms with Gasteiger partial charge in [0.05, 0.1) is 0 Å². The Morgan fingerprint density at radius 1 is 1.41 bits per heavy atom. The summed E-state index contributed by atoms with van der Waals surface area (Å²) in [4.78, 5) is 11.2. The minimum absolute atomic E-state index is 0.116. The fraction of sp³-hybridized carbons (Fsp3) is 0.588. The second-order valence-electron chi connectivity index (χ2n) is 5.94. The fourth-order valence-electron chi connectivity index (χ4n) is 3.31. The zero-order valence-corrected chi connectivity index (χ0v) is 13.1. The summed E-state index contributed by atoms with van der Waals surface area (Å²) in [5, 5.41) is 15.0. The van der Waals surface area contributed by atoms with Crippen LogP contribution < -0.4 is 10.6 Å². The highest BCUT2D eigenvalue weighted by Crippen LogP contribution is 2.28. The molecule has 22 heavy (non-hydrogen) atoms. The number of nitrogens with one attached hydrogen (secondary N) is 2. The average molecular weight is 306 g/mol. The molecule has 0 saturated carbocycles. The predicted octanol–water partition coefficient (Wildman–Crippen LogP) is 2.13. The van der Waals surface area contributed by atoms with E-state index in [2.05, 4.69) is 22.8 Å². The first kappa shape index (κ1) is 16.8. The maximum absolute atomic E-state index is 11.2. The first-order valence-corrected chi connectivity index (χ1v) is 7.96. The summed E-state index contributed by atoms with van der Waals surface area (Å²) in [6.45, 7) is 2.16. The number of hydrogen-bond acceptors (Lipinski definition) is 3. The number of carboxylic acid groups (broad SMARTS) is 1. The second-order valence-corrected chi connectivity index (χ2v) is 5.94. The highest BCUT2D eigenvalue weighted by Gasteiger charge is 2.31. The summed E-state index contributed by atoms with van der Waals surface area (Å²) in [7, 11) is 1.85. The Morgan fingerprint density at radius 2 is 2.18 bits per heavy atom. The van der Waals surface area contributed by atoms with Crippen LogP contribution >= 0.6 is 0 Å². The van der Waals surface area contributed by atoms with Crippen LogP contribution in [-0.4, -0.2) is 44.0 Å². The number of hydrogen-bond donors (Lipinski definition) is 3. The largest absolute Gasteiger partial charge is 0.465 e. The zero-order valence-electron chi connectivity index (χ0n) is 13.1. The van der Waals surface area contributed by atoms with Gasteiger partial charge in [0, 0.05) is 25.8 Å². The van der Waals surface area contributed by atoms with E-state index in [-0.39, 0.29) is 12.0 Å². The van der Waals surface area contributed by atoms with Gasteiger partial charge in [0.15, 0.2) is 0 Å². The zero-order chi connectivity index (χ0) is 15.8. The molecule has 2 unspecified atom stereocenters. The molecule has 3 N–H and O–H groups in total. The van der Waals surface area contributed by atoms with E-state index in [0.717, 1.165) is 32.5 Å². The summed E-state index contributed by atoms with van der Waals surface area (Å²) in [5.41, 5.74) is 1.24. The minimum atomic E-state index is -0.963. The van der Waals surface area contributed by atoms with E-state index in [0.29, 0.717) is 12.5 Å². The monoisotopic (exact) mass is 306 g/mol. The van der Waals surface area contributed by atoms with Crippen LogP contribution in [0.25, 0.3) is 0 Å². The lowest BCUT2D eigenvalue weighted by Crippen LogP contribution is -2.49. The Bertz CT molecular complexity index is 446. The average Bonchev–Trinajstić information content (AvgIpc) is 2.54. The first-order chi connectivity index (χ1) is 10.7. The standard InChI is InChI=1S/C17H26N2O3/c1-18-11-16(19-17(20)21)15(14-8-5-9-22-12-14)10-13-6-3-2-4-7-13/h2-4,6-7,14-16,18-19H,5,8-12H2,1H3,(H,20,21)/t14-,15?,16?/m0/s1. The number of benzene rings is 1. The molecule has 2 rings (SSSR count). The molecule has 1 amide bonds. The molecule has 0 radical (unpaired) electrons. The number of rotatable bonds is 7. The van der Waals surface area contributed by atoms with Gasteiger partial charge in [-0.1, -0.05) is 30.3 Å². The van der Waals surface area contributed by atoms with E-state index >= 15 is 0 Å². The van der Waals surface area contributed by atoms with Gasteiger partial charge >= 0.3 is 6.09 Å². The lowest BCUT2D eigenvalue weighted by Gasteiger charge is -2.36. The van der Waals surface area contributed by atoms with Crippen molar-refractivity contribution in [2.24, 2.45) is 11.8 Å². The molecule has 3 atom stereocenters. The van der Waals surface area contributed by atoms with Crippen LogP contribution in [0.1, 0.15) is 18.4 Å². The van der Waals surface area contributed by atoms with E-state index in [1.807, 2.05) is 25.2 Å². The van der Waals surface area contributed by atoms with Crippen LogP contribution in [0.5, 0.6) is 0 Å². The molecule has 1 heterocycles. The third kappa shape index (κ3) is 5.00. The number of ether oxygens (including phenoxy) is 1. The first-order valence-electron chi connectivity index (χ1n) is 7.96. The number of amides is 1. The lowest BCUT2D eigenvalue weighted by molar-refractivity contribution is 0.0220. The van der Waals surface area contributed by atoms with E-state index < -0.39 is 6.09 Å². The molecule has 0 spiro atoms. The van der Waals surface area contributed by atoms with Gasteiger partial charge in [0.1, 0.15) is 0 Å². The van der Waals surface area contributed by atoms with E-state index in [9.17, 15) is 4.79 Å². The normalized spacial score (nSPS) is 21.0. The predicted molar refractivity (Wildman–Crippen MR) is 86.1 cm³/mol. The molecule has 5 heteroatoms. The molecular weight excluding hydrogens is 280 g/mol. The molecule has 1 aromatic carbocycles. The summed E-state index contributed by atoms with van der Waals surface area (Å²) in [6.07, 6.45) is 2.05. The SMILES string of the molecule is CNCC(NC(=O)O)C(Cc1ccccc1)[C@H]1CCCOC1. The Kier molecular flexibility index (Phi) is 6.68. The maximum Gasteiger partial charge on any atom is 0.404 e. The van der Waals surface area contributed by atoms with E-state index in [4.69, 9.17) is 9.84 Å². The minimum Gasteiger partial charge on any atom is -0.465 e. The molecule has 1 saturated heterocycles. The van der Waals surface area contributed by atoms with Gasteiger partial charge in [0.25, 0.3) is 0 Å². The molecule has 5 nitrogen and oxygen atoms in total. The van der Waals surface area contributed by atoms with Crippen molar-refractivity contribution in [2.45, 2.75) is 25.3 Å². The van der Waals surface area contributed by atoms with Crippen molar-refractivity contribution in [1.29, 1.82) is 0 Å². The smallest absolute Gasteiger partial charge is 0.404 e. The van der Waals surface area contributed by atoms with Gasteiger partial charge < -0.3 is 20.5 Å². The van der Waals surface area contributed by atoms with Crippen LogP contribution in [0.4, 0.5) is 4.79 Å². The van der Waals surface area contributed by atoms with Gasteiger partial charge in [-0.25, -0.2) is 4.79 Å². The topological polar surface area (TPSA) is 70.6 Å². The molecule has 0 aromatic heterocycles. The van der Waals surface area contributed by atoms with Crippen molar-refractivity contribution >= 4 is 6.09 Å². The van der Waals surface area contributed by atoms with E-state index in [1.165, 1.54) is 5.56 Å². The van der Waals surface area contributed by atoms with Crippen LogP contribution in [0.2, 0.25) is 0 Å². The molecule has 1 fully saturated rings. The fourth-order valence-corrected chi connectivity index (χ4v) is 3.31. The third-order valence-electron chi connectivity index (χ3n) is 4.36. The van der Waals surface area contributed by atoms with Gasteiger partial charge in [-0.2, -0.15) is 0 Å². The molecule has 1 aromatic rings. The second kappa shape index (κ2) is 8.76. The third-order valence-corrected chi connectivity index (χ3v) is 4.36. The Hall–Kier alpha value is -1.59. The van der Waals surface area contributed by atoms with Crippen LogP contribution in [0.15, 0.2) is 30.3 Å². The van der Waals surface area contributed by atoms with Crippen molar-refractivity contribution in [1.82, 2.24) is 10.6 Å². The maximum atomic E-state index is 11.2. The van der Waals surface area contributed by atoms with Crippen molar-refractivity contribution in [3.8, 4) is 0 Å². The van der Waals surface area contributed by atoms with Crippen LogP contribution in [0.3, 0.4) is 0 Å². The Balaban J connectivity index is 2.15. The quantitative estimate of drug-likeness (QED) is 0.722. The highest BCUT2D eigenvalue weighted by molar-refractivity contribution is 5.64. The van der Waals surface area contributed by atoms with Crippen molar-refractivity contribution in [3.05, 3.63) is 35.9 Å². The summed E-state index contributed by atoms with van der Waals surface area (Å²) >= 11 is 0. The summed E-state index contributed by atoms with van der Waals surface area (Å²) in [6, 6.07) is 10.2. The molecule has 0 aliphatic carbocycles. The van der Waals surface area contributed by atoms with Gasteiger partial charge in [0.2, 0.25) is 0 Å². The molecular formula is C17H26N2O3. The lowest BCUT2D eigenvalue weighted by atomic mass is 9.78. The summed E-state index contributed by atoms with van der Waals surface area (Å²) < 4.78 is 5.64. The van der Waals surface area contributed by atoms with Crippen molar-refractivity contribution < 1.29 is 14.6 Å². The molecule has 0 bridgehead atoms. The van der Waals surface area contributed by atoms with E-state index in [1.54, 1.807) is 0 Å². The van der Waals surface area contributed by atoms with Gasteiger partial charge in [-0.3, -0.25) is 0 Å².